The van der Waals surface area contributed by atoms with Gasteiger partial charge in [0.1, 0.15) is 0 Å². The Morgan fingerprint density at radius 3 is 0.329 bits per heavy atom. The van der Waals surface area contributed by atoms with Gasteiger partial charge in [-0.2, -0.15) is 0 Å². The van der Waals surface area contributed by atoms with Crippen LogP contribution < -0.4 is 25.5 Å². The quantitative estimate of drug-likeness (QED) is 0.0528. The van der Waals surface area contributed by atoms with E-state index >= 15 is 0 Å². The number of carbonyl (C=O) groups is 5. The number of rotatable bonds is 55. The standard InChI is InChI=1S/5C13H26O2.V/c5*1-2-3-4-5-6-7-8-9-10-11-12-13(14)15;/h5*2-12H2,1H3,(H,14,15);/q;;;;;+5/p-5. The van der Waals surface area contributed by atoms with Crippen LogP contribution in [0, 0.1) is 0 Å². The van der Waals surface area contributed by atoms with Crippen molar-refractivity contribution < 1.29 is 68.1 Å². The maximum atomic E-state index is 10.1. The molecule has 10 nitrogen and oxygen atoms in total. The van der Waals surface area contributed by atoms with Crippen LogP contribution in [0.5, 0.6) is 0 Å². The molecule has 0 aliphatic heterocycles. The summed E-state index contributed by atoms with van der Waals surface area (Å²) in [6, 6.07) is 0. The largest absolute Gasteiger partial charge is 5.00 e. The van der Waals surface area contributed by atoms with E-state index in [1.165, 1.54) is 257 Å². The molecule has 0 heterocycles. The molecule has 0 rings (SSSR count). The van der Waals surface area contributed by atoms with Crippen LogP contribution in [0.4, 0.5) is 0 Å². The van der Waals surface area contributed by atoms with Gasteiger partial charge in [-0.1, -0.05) is 324 Å². The van der Waals surface area contributed by atoms with Crippen molar-refractivity contribution in [1.29, 1.82) is 0 Å². The van der Waals surface area contributed by atoms with Crippen LogP contribution in [-0.4, -0.2) is 29.8 Å². The minimum absolute atomic E-state index is 0. The fourth-order valence-electron chi connectivity index (χ4n) is 8.78. The number of hydrogen-bond acceptors (Lipinski definition) is 10. The molecule has 0 amide bonds. The van der Waals surface area contributed by atoms with E-state index in [-0.39, 0.29) is 50.7 Å². The minimum atomic E-state index is -0.908. The summed E-state index contributed by atoms with van der Waals surface area (Å²) in [7, 11) is 0. The van der Waals surface area contributed by atoms with Crippen LogP contribution >= 0.6 is 0 Å². The maximum absolute atomic E-state index is 10.1. The Hall–Kier alpha value is -2.07. The minimum Gasteiger partial charge on any atom is -0.550 e. The van der Waals surface area contributed by atoms with Gasteiger partial charge in [-0.15, -0.1) is 0 Å². The molecule has 76 heavy (non-hydrogen) atoms. The molecule has 0 aromatic heterocycles. The van der Waals surface area contributed by atoms with Crippen LogP contribution in [0.1, 0.15) is 388 Å². The third-order valence-corrected chi connectivity index (χ3v) is 13.7. The van der Waals surface area contributed by atoms with Crippen LogP contribution in [0.15, 0.2) is 0 Å². The molecule has 0 aliphatic carbocycles. The van der Waals surface area contributed by atoms with Crippen molar-refractivity contribution in [2.45, 2.75) is 388 Å². The summed E-state index contributed by atoms with van der Waals surface area (Å²) in [6.07, 6.45) is 63.0. The molecule has 0 aliphatic rings. The Morgan fingerprint density at radius 2 is 0.250 bits per heavy atom. The van der Waals surface area contributed by atoms with Crippen LogP contribution in [-0.2, 0) is 42.5 Å². The Balaban J connectivity index is -0.000000201. The summed E-state index contributed by atoms with van der Waals surface area (Å²) < 4.78 is 0. The SMILES string of the molecule is CCCCCCCCCCCCC(=O)[O-].CCCCCCCCCCCCC(=O)[O-].CCCCCCCCCCCCC(=O)[O-].CCCCCCCCCCCCC(=O)[O-].CCCCCCCCCCCCC(=O)[O-].[V+5]. The predicted molar refractivity (Wildman–Crippen MR) is 307 cm³/mol. The van der Waals surface area contributed by atoms with Crippen LogP contribution in [0.3, 0.4) is 0 Å². The van der Waals surface area contributed by atoms with E-state index in [0.29, 0.717) is 0 Å². The van der Waals surface area contributed by atoms with Gasteiger partial charge >= 0.3 is 18.6 Å². The molecular weight excluding hydrogens is 992 g/mol. The van der Waals surface area contributed by atoms with Crippen LogP contribution in [0.2, 0.25) is 0 Å². The predicted octanol–water partition coefficient (Wildman–Crippen LogP) is 15.2. The van der Waals surface area contributed by atoms with E-state index in [4.69, 9.17) is 0 Å². The van der Waals surface area contributed by atoms with Gasteiger partial charge in [0, 0.05) is 29.8 Å². The van der Waals surface area contributed by atoms with Crippen molar-refractivity contribution >= 4 is 29.8 Å². The number of carboxylic acid groups (broad SMARTS) is 5. The molecule has 0 saturated heterocycles. The molecule has 0 atom stereocenters. The van der Waals surface area contributed by atoms with Crippen molar-refractivity contribution in [2.75, 3.05) is 0 Å². The van der Waals surface area contributed by atoms with Crippen molar-refractivity contribution in [2.24, 2.45) is 0 Å². The fraction of sp³-hybridized carbons (Fsp3) is 0.923. The van der Waals surface area contributed by atoms with Gasteiger partial charge in [-0.25, -0.2) is 0 Å². The Bertz CT molecular complexity index is 922. The topological polar surface area (TPSA) is 201 Å². The molecule has 0 radical (unpaired) electrons. The maximum Gasteiger partial charge on any atom is 5.00 e. The number of hydrogen-bond donors (Lipinski definition) is 0. The summed E-state index contributed by atoms with van der Waals surface area (Å²) in [5.74, 6) is -4.54. The van der Waals surface area contributed by atoms with E-state index in [1.807, 2.05) is 0 Å². The first-order valence-electron chi connectivity index (χ1n) is 32.3. The molecule has 0 fully saturated rings. The zero-order chi connectivity index (χ0) is 56.8. The smallest absolute Gasteiger partial charge is 0.550 e. The Morgan fingerprint density at radius 1 is 0.171 bits per heavy atom. The number of aliphatic carboxylic acids is 5. The first-order chi connectivity index (χ1) is 36.4. The van der Waals surface area contributed by atoms with E-state index in [2.05, 4.69) is 34.6 Å². The van der Waals surface area contributed by atoms with E-state index in [0.717, 1.165) is 64.2 Å². The van der Waals surface area contributed by atoms with Crippen molar-refractivity contribution in [1.82, 2.24) is 0 Å². The first-order valence-corrected chi connectivity index (χ1v) is 32.3. The van der Waals surface area contributed by atoms with Gasteiger partial charge < -0.3 is 49.5 Å². The first kappa shape index (κ1) is 85.2. The molecule has 0 aromatic rings. The summed E-state index contributed by atoms with van der Waals surface area (Å²) in [4.78, 5) is 50.6. The summed E-state index contributed by atoms with van der Waals surface area (Å²) in [5, 5.41) is 50.6. The van der Waals surface area contributed by atoms with E-state index in [9.17, 15) is 49.5 Å². The van der Waals surface area contributed by atoms with Crippen molar-refractivity contribution in [3.63, 3.8) is 0 Å². The van der Waals surface area contributed by atoms with Gasteiger partial charge in [0.2, 0.25) is 0 Å². The molecule has 0 spiro atoms. The third-order valence-electron chi connectivity index (χ3n) is 13.7. The molecular formula is C65H125O10V. The third kappa shape index (κ3) is 108. The molecule has 0 aromatic carbocycles. The Labute approximate surface area is 483 Å². The van der Waals surface area contributed by atoms with Crippen molar-refractivity contribution in [3.05, 3.63) is 0 Å². The second-order valence-corrected chi connectivity index (χ2v) is 21.5. The Kier molecular flexibility index (Phi) is 91.7. The zero-order valence-electron chi connectivity index (χ0n) is 50.9. The van der Waals surface area contributed by atoms with E-state index in [1.54, 1.807) is 0 Å². The van der Waals surface area contributed by atoms with Gasteiger partial charge in [0.05, 0.1) is 0 Å². The molecule has 0 unspecified atom stereocenters. The second-order valence-electron chi connectivity index (χ2n) is 21.5. The molecule has 0 bridgehead atoms. The van der Waals surface area contributed by atoms with Gasteiger partial charge in [0.25, 0.3) is 0 Å². The van der Waals surface area contributed by atoms with Gasteiger partial charge in [0.15, 0.2) is 0 Å². The normalized spacial score (nSPS) is 10.3. The second kappa shape index (κ2) is 81.8. The van der Waals surface area contributed by atoms with Crippen molar-refractivity contribution in [3.8, 4) is 0 Å². The van der Waals surface area contributed by atoms with Gasteiger partial charge in [-0.3, -0.25) is 0 Å². The summed E-state index contributed by atoms with van der Waals surface area (Å²) in [6.45, 7) is 11.2. The van der Waals surface area contributed by atoms with Gasteiger partial charge in [-0.05, 0) is 64.2 Å². The van der Waals surface area contributed by atoms with Crippen LogP contribution in [0.25, 0.3) is 0 Å². The molecule has 450 valence electrons. The zero-order valence-corrected chi connectivity index (χ0v) is 52.3. The molecule has 0 N–H and O–H groups in total. The number of carboxylic acids is 5. The average Bonchev–Trinajstić information content (AvgIpc) is 3.37. The number of carbonyl (C=O) groups excluding carboxylic acids is 5. The average molecular weight is 1120 g/mol. The molecule has 0 saturated carbocycles. The fourth-order valence-corrected chi connectivity index (χ4v) is 8.78. The summed E-state index contributed by atoms with van der Waals surface area (Å²) in [5.41, 5.74) is 0. The molecule has 11 heteroatoms. The summed E-state index contributed by atoms with van der Waals surface area (Å²) >= 11 is 0. The monoisotopic (exact) mass is 1120 g/mol. The van der Waals surface area contributed by atoms with E-state index < -0.39 is 29.8 Å². The number of unbranched alkanes of at least 4 members (excludes halogenated alkanes) is 45.